The third-order valence-electron chi connectivity index (χ3n) is 3.06. The minimum absolute atomic E-state index is 0.757. The molecule has 0 bridgehead atoms. The van der Waals surface area contributed by atoms with Gasteiger partial charge in [-0.3, -0.25) is 0 Å². The lowest BCUT2D eigenvalue weighted by Gasteiger charge is -1.96. The number of hydrogen-bond acceptors (Lipinski definition) is 4. The second-order valence-electron chi connectivity index (χ2n) is 4.34. The number of anilines is 1. The van der Waals surface area contributed by atoms with Crippen LogP contribution in [-0.2, 0) is 0 Å². The largest absolute Gasteiger partial charge is 0.399 e. The Balaban J connectivity index is 1.99. The van der Waals surface area contributed by atoms with Crippen molar-refractivity contribution in [1.82, 2.24) is 14.8 Å². The molecular formula is C14H10N4S. The molecule has 2 aromatic carbocycles. The lowest BCUT2D eigenvalue weighted by Crippen LogP contribution is -1.94. The zero-order valence-corrected chi connectivity index (χ0v) is 10.8. The van der Waals surface area contributed by atoms with Gasteiger partial charge < -0.3 is 5.73 Å². The van der Waals surface area contributed by atoms with Crippen LogP contribution in [-0.4, -0.2) is 14.8 Å². The van der Waals surface area contributed by atoms with E-state index >= 15 is 0 Å². The standard InChI is InChI=1S/C14H10N4S/c15-10-5-6-11-13(7-10)19-14(17-11)18-12-4-2-1-3-9(12)8-16-18/h1-8H,15H2. The van der Waals surface area contributed by atoms with Gasteiger partial charge in [-0.1, -0.05) is 29.5 Å². The topological polar surface area (TPSA) is 56.7 Å². The van der Waals surface area contributed by atoms with Crippen LogP contribution < -0.4 is 5.73 Å². The number of thiazole rings is 1. The maximum absolute atomic E-state index is 5.80. The van der Waals surface area contributed by atoms with E-state index in [-0.39, 0.29) is 0 Å². The monoisotopic (exact) mass is 266 g/mol. The number of aromatic nitrogens is 3. The van der Waals surface area contributed by atoms with Crippen LogP contribution in [0.3, 0.4) is 0 Å². The Morgan fingerprint density at radius 3 is 2.95 bits per heavy atom. The van der Waals surface area contributed by atoms with Gasteiger partial charge in [-0.15, -0.1) is 0 Å². The van der Waals surface area contributed by atoms with Gasteiger partial charge in [0.2, 0.25) is 5.13 Å². The molecule has 0 spiro atoms. The van der Waals surface area contributed by atoms with Crippen LogP contribution in [0.1, 0.15) is 0 Å². The second-order valence-corrected chi connectivity index (χ2v) is 5.35. The van der Waals surface area contributed by atoms with Gasteiger partial charge in [-0.25, -0.2) is 9.67 Å². The summed E-state index contributed by atoms with van der Waals surface area (Å²) in [6.45, 7) is 0. The molecule has 4 aromatic rings. The van der Waals surface area contributed by atoms with Crippen LogP contribution in [0.25, 0.3) is 26.3 Å². The number of fused-ring (bicyclic) bond motifs is 2. The third-order valence-corrected chi connectivity index (χ3v) is 4.05. The fourth-order valence-electron chi connectivity index (χ4n) is 2.14. The van der Waals surface area contributed by atoms with Crippen molar-refractivity contribution in [3.8, 4) is 5.13 Å². The first kappa shape index (κ1) is 10.5. The molecule has 19 heavy (non-hydrogen) atoms. The second kappa shape index (κ2) is 3.80. The quantitative estimate of drug-likeness (QED) is 0.538. The van der Waals surface area contributed by atoms with E-state index in [1.165, 1.54) is 0 Å². The molecule has 4 rings (SSSR count). The van der Waals surface area contributed by atoms with E-state index in [0.717, 1.165) is 31.9 Å². The summed E-state index contributed by atoms with van der Waals surface area (Å²) in [5, 5.41) is 6.39. The van der Waals surface area contributed by atoms with Gasteiger partial charge in [0.1, 0.15) is 0 Å². The Labute approximate surface area is 113 Å². The first-order valence-corrected chi connectivity index (χ1v) is 6.72. The van der Waals surface area contributed by atoms with Crippen molar-refractivity contribution in [2.24, 2.45) is 0 Å². The summed E-state index contributed by atoms with van der Waals surface area (Å²) in [5.41, 5.74) is 8.57. The Hall–Kier alpha value is -2.40. The first-order chi connectivity index (χ1) is 9.31. The number of nitrogens with two attached hydrogens (primary N) is 1. The van der Waals surface area contributed by atoms with Crippen molar-refractivity contribution in [2.45, 2.75) is 0 Å². The number of para-hydroxylation sites is 1. The molecule has 0 unspecified atom stereocenters. The molecule has 0 aliphatic heterocycles. The van der Waals surface area contributed by atoms with Crippen molar-refractivity contribution >= 4 is 38.1 Å². The molecule has 5 heteroatoms. The van der Waals surface area contributed by atoms with Crippen LogP contribution >= 0.6 is 11.3 Å². The smallest absolute Gasteiger partial charge is 0.212 e. The zero-order chi connectivity index (χ0) is 12.8. The highest BCUT2D eigenvalue weighted by atomic mass is 32.1. The fraction of sp³-hybridized carbons (Fsp3) is 0. The van der Waals surface area contributed by atoms with E-state index in [2.05, 4.69) is 10.1 Å². The number of rotatable bonds is 1. The van der Waals surface area contributed by atoms with Gasteiger partial charge in [0, 0.05) is 11.1 Å². The van der Waals surface area contributed by atoms with Crippen LogP contribution in [0.4, 0.5) is 5.69 Å². The van der Waals surface area contributed by atoms with Gasteiger partial charge in [0.05, 0.1) is 21.9 Å². The van der Waals surface area contributed by atoms with Gasteiger partial charge in [-0.2, -0.15) is 5.10 Å². The summed E-state index contributed by atoms with van der Waals surface area (Å²) in [6, 6.07) is 13.9. The van der Waals surface area contributed by atoms with E-state index in [1.807, 2.05) is 53.3 Å². The molecule has 4 nitrogen and oxygen atoms in total. The Morgan fingerprint density at radius 1 is 1.11 bits per heavy atom. The lowest BCUT2D eigenvalue weighted by atomic mass is 10.3. The summed E-state index contributed by atoms with van der Waals surface area (Å²) in [4.78, 5) is 4.61. The van der Waals surface area contributed by atoms with Crippen molar-refractivity contribution < 1.29 is 0 Å². The zero-order valence-electron chi connectivity index (χ0n) is 9.95. The average Bonchev–Trinajstić information content (AvgIpc) is 3.00. The van der Waals surface area contributed by atoms with Crippen LogP contribution in [0.5, 0.6) is 0 Å². The summed E-state index contributed by atoms with van der Waals surface area (Å²) >= 11 is 1.59. The number of benzene rings is 2. The molecule has 0 saturated heterocycles. The van der Waals surface area contributed by atoms with Gasteiger partial charge in [0.15, 0.2) is 0 Å². The predicted molar refractivity (Wildman–Crippen MR) is 78.7 cm³/mol. The van der Waals surface area contributed by atoms with Gasteiger partial charge >= 0.3 is 0 Å². The van der Waals surface area contributed by atoms with Crippen LogP contribution in [0.2, 0.25) is 0 Å². The summed E-state index contributed by atoms with van der Waals surface area (Å²) in [6.07, 6.45) is 1.86. The Kier molecular flexibility index (Phi) is 2.10. The molecule has 0 atom stereocenters. The molecule has 0 fully saturated rings. The first-order valence-electron chi connectivity index (χ1n) is 5.90. The van der Waals surface area contributed by atoms with Gasteiger partial charge in [0.25, 0.3) is 0 Å². The predicted octanol–water partition coefficient (Wildman–Crippen LogP) is 3.22. The van der Waals surface area contributed by atoms with E-state index in [9.17, 15) is 0 Å². The van der Waals surface area contributed by atoms with E-state index in [4.69, 9.17) is 5.73 Å². The van der Waals surface area contributed by atoms with Crippen molar-refractivity contribution in [3.05, 3.63) is 48.7 Å². The Morgan fingerprint density at radius 2 is 2.00 bits per heavy atom. The van der Waals surface area contributed by atoms with E-state index in [0.29, 0.717) is 0 Å². The molecule has 92 valence electrons. The average molecular weight is 266 g/mol. The highest BCUT2D eigenvalue weighted by Crippen LogP contribution is 2.28. The van der Waals surface area contributed by atoms with Crippen molar-refractivity contribution in [3.63, 3.8) is 0 Å². The summed E-state index contributed by atoms with van der Waals surface area (Å²) < 4.78 is 2.95. The van der Waals surface area contributed by atoms with E-state index in [1.54, 1.807) is 11.3 Å². The number of nitrogens with zero attached hydrogens (tertiary/aromatic N) is 3. The minimum Gasteiger partial charge on any atom is -0.399 e. The molecule has 0 amide bonds. The van der Waals surface area contributed by atoms with Gasteiger partial charge in [-0.05, 0) is 24.3 Å². The fourth-order valence-corrected chi connectivity index (χ4v) is 3.13. The highest BCUT2D eigenvalue weighted by Gasteiger charge is 2.09. The minimum atomic E-state index is 0.757. The van der Waals surface area contributed by atoms with Crippen LogP contribution in [0.15, 0.2) is 48.7 Å². The normalized spacial score (nSPS) is 11.4. The molecule has 2 N–H and O–H groups in total. The molecular weight excluding hydrogens is 256 g/mol. The lowest BCUT2D eigenvalue weighted by molar-refractivity contribution is 0.902. The number of nitrogen functional groups attached to an aromatic ring is 1. The maximum Gasteiger partial charge on any atom is 0.212 e. The van der Waals surface area contributed by atoms with Crippen molar-refractivity contribution in [1.29, 1.82) is 0 Å². The molecule has 2 aromatic heterocycles. The maximum atomic E-state index is 5.80. The third kappa shape index (κ3) is 1.59. The Bertz CT molecular complexity index is 891. The molecule has 0 radical (unpaired) electrons. The highest BCUT2D eigenvalue weighted by molar-refractivity contribution is 7.20. The molecule has 2 heterocycles. The van der Waals surface area contributed by atoms with Crippen LogP contribution in [0, 0.1) is 0 Å². The SMILES string of the molecule is Nc1ccc2nc(-n3ncc4ccccc43)sc2c1. The molecule has 0 aliphatic carbocycles. The van der Waals surface area contributed by atoms with Crippen molar-refractivity contribution in [2.75, 3.05) is 5.73 Å². The number of hydrogen-bond donors (Lipinski definition) is 1. The molecule has 0 aliphatic rings. The summed E-state index contributed by atoms with van der Waals surface area (Å²) in [7, 11) is 0. The summed E-state index contributed by atoms with van der Waals surface area (Å²) in [5.74, 6) is 0. The molecule has 0 saturated carbocycles. The van der Waals surface area contributed by atoms with E-state index < -0.39 is 0 Å².